The van der Waals surface area contributed by atoms with Crippen molar-refractivity contribution in [1.29, 1.82) is 0 Å². The van der Waals surface area contributed by atoms with Crippen LogP contribution in [0.2, 0.25) is 0 Å². The highest BCUT2D eigenvalue weighted by atomic mass is 79.9. The van der Waals surface area contributed by atoms with Crippen LogP contribution in [0.3, 0.4) is 0 Å². The molecule has 0 aliphatic heterocycles. The van der Waals surface area contributed by atoms with E-state index in [1.807, 2.05) is 17.9 Å². The standard InChI is InChI=1S/C15H19Br2N3O/c1-9(12-8-19-20(3)10(12)2)18-7-11-5-13(16)15(21-4)14(17)6-11/h5-6,8-9,18H,7H2,1-4H3/t9-/m1/s1. The Hall–Kier alpha value is -0.850. The number of hydrogen-bond donors (Lipinski definition) is 1. The van der Waals surface area contributed by atoms with E-state index in [1.165, 1.54) is 16.8 Å². The van der Waals surface area contributed by atoms with E-state index in [4.69, 9.17) is 4.74 Å². The molecule has 0 amide bonds. The monoisotopic (exact) mass is 415 g/mol. The molecule has 0 bridgehead atoms. The molecule has 0 saturated carbocycles. The fraction of sp³-hybridized carbons (Fsp3) is 0.400. The molecular formula is C15H19Br2N3O. The number of ether oxygens (including phenoxy) is 1. The van der Waals surface area contributed by atoms with E-state index < -0.39 is 0 Å². The van der Waals surface area contributed by atoms with Gasteiger partial charge in [0.1, 0.15) is 5.75 Å². The molecule has 2 rings (SSSR count). The number of halogens is 2. The molecule has 1 aromatic heterocycles. The maximum atomic E-state index is 5.32. The van der Waals surface area contributed by atoms with E-state index in [2.05, 4.69) is 68.3 Å². The van der Waals surface area contributed by atoms with E-state index in [9.17, 15) is 0 Å². The summed E-state index contributed by atoms with van der Waals surface area (Å²) in [6.07, 6.45) is 1.92. The van der Waals surface area contributed by atoms with E-state index >= 15 is 0 Å². The second-order valence-corrected chi connectivity index (χ2v) is 6.71. The highest BCUT2D eigenvalue weighted by Gasteiger charge is 2.13. The van der Waals surface area contributed by atoms with Gasteiger partial charge in [0.25, 0.3) is 0 Å². The molecule has 1 N–H and O–H groups in total. The second kappa shape index (κ2) is 6.94. The number of methoxy groups -OCH3 is 1. The van der Waals surface area contributed by atoms with Crippen LogP contribution in [0.15, 0.2) is 27.3 Å². The Kier molecular flexibility index (Phi) is 5.46. The van der Waals surface area contributed by atoms with Crippen LogP contribution < -0.4 is 10.1 Å². The lowest BCUT2D eigenvalue weighted by Gasteiger charge is -2.15. The molecule has 0 aliphatic rings. The first-order chi connectivity index (χ1) is 9.93. The van der Waals surface area contributed by atoms with Crippen LogP contribution in [-0.2, 0) is 13.6 Å². The first-order valence-corrected chi connectivity index (χ1v) is 8.26. The SMILES string of the molecule is COc1c(Br)cc(CN[C@H](C)c2cnn(C)c2C)cc1Br. The quantitative estimate of drug-likeness (QED) is 0.796. The maximum Gasteiger partial charge on any atom is 0.147 e. The van der Waals surface area contributed by atoms with Gasteiger partial charge in [-0.1, -0.05) is 0 Å². The lowest BCUT2D eigenvalue weighted by molar-refractivity contribution is 0.409. The van der Waals surface area contributed by atoms with Crippen LogP contribution in [0, 0.1) is 6.92 Å². The lowest BCUT2D eigenvalue weighted by Crippen LogP contribution is -2.18. The number of benzene rings is 1. The third-order valence-corrected chi connectivity index (χ3v) is 4.79. The molecule has 6 heteroatoms. The van der Waals surface area contributed by atoms with Crippen LogP contribution >= 0.6 is 31.9 Å². The highest BCUT2D eigenvalue weighted by molar-refractivity contribution is 9.11. The third kappa shape index (κ3) is 3.67. The normalized spacial score (nSPS) is 12.5. The molecule has 1 heterocycles. The third-order valence-electron chi connectivity index (χ3n) is 3.61. The molecule has 0 fully saturated rings. The minimum atomic E-state index is 0.248. The van der Waals surface area contributed by atoms with Crippen LogP contribution in [0.4, 0.5) is 0 Å². The Balaban J connectivity index is 2.08. The van der Waals surface area contributed by atoms with Gasteiger partial charge < -0.3 is 10.1 Å². The van der Waals surface area contributed by atoms with Crippen molar-refractivity contribution in [3.8, 4) is 5.75 Å². The first kappa shape index (κ1) is 16.5. The minimum absolute atomic E-state index is 0.248. The van der Waals surface area contributed by atoms with Gasteiger partial charge in [-0.2, -0.15) is 5.10 Å². The average Bonchev–Trinajstić information content (AvgIpc) is 2.76. The molecule has 21 heavy (non-hydrogen) atoms. The van der Waals surface area contributed by atoms with Gasteiger partial charge in [0, 0.05) is 30.9 Å². The number of nitrogens with one attached hydrogen (secondary N) is 1. The molecule has 1 atom stereocenters. The molecule has 2 aromatic rings. The molecule has 0 saturated heterocycles. The van der Waals surface area contributed by atoms with Gasteiger partial charge in [-0.05, 0) is 63.4 Å². The van der Waals surface area contributed by atoms with Crippen molar-refractivity contribution in [3.05, 3.63) is 44.1 Å². The Bertz CT molecular complexity index is 617. The van der Waals surface area contributed by atoms with Gasteiger partial charge in [-0.3, -0.25) is 4.68 Å². The number of rotatable bonds is 5. The fourth-order valence-electron chi connectivity index (χ4n) is 2.23. The molecule has 0 unspecified atom stereocenters. The predicted molar refractivity (Wildman–Crippen MR) is 91.6 cm³/mol. The van der Waals surface area contributed by atoms with Crippen molar-refractivity contribution in [2.24, 2.45) is 7.05 Å². The zero-order chi connectivity index (χ0) is 15.6. The van der Waals surface area contributed by atoms with E-state index in [1.54, 1.807) is 7.11 Å². The van der Waals surface area contributed by atoms with Gasteiger partial charge in [-0.25, -0.2) is 0 Å². The topological polar surface area (TPSA) is 39.1 Å². The molecule has 114 valence electrons. The van der Waals surface area contributed by atoms with Crippen molar-refractivity contribution >= 4 is 31.9 Å². The molecular weight excluding hydrogens is 398 g/mol. The summed E-state index contributed by atoms with van der Waals surface area (Å²) in [5.74, 6) is 0.815. The van der Waals surface area contributed by atoms with Crippen molar-refractivity contribution in [3.63, 3.8) is 0 Å². The summed E-state index contributed by atoms with van der Waals surface area (Å²) in [6, 6.07) is 4.39. The summed E-state index contributed by atoms with van der Waals surface area (Å²) >= 11 is 7.06. The van der Waals surface area contributed by atoms with Gasteiger partial charge in [-0.15, -0.1) is 0 Å². The van der Waals surface area contributed by atoms with Crippen molar-refractivity contribution in [1.82, 2.24) is 15.1 Å². The number of aryl methyl sites for hydroxylation is 1. The Morgan fingerprint density at radius 1 is 1.33 bits per heavy atom. The Morgan fingerprint density at radius 2 is 1.95 bits per heavy atom. The Morgan fingerprint density at radius 3 is 2.43 bits per heavy atom. The average molecular weight is 417 g/mol. The zero-order valence-corrected chi connectivity index (χ0v) is 15.7. The lowest BCUT2D eigenvalue weighted by atomic mass is 10.1. The van der Waals surface area contributed by atoms with Gasteiger partial charge in [0.15, 0.2) is 0 Å². The van der Waals surface area contributed by atoms with Crippen LogP contribution in [0.5, 0.6) is 5.75 Å². The smallest absolute Gasteiger partial charge is 0.147 e. The second-order valence-electron chi connectivity index (χ2n) is 5.00. The highest BCUT2D eigenvalue weighted by Crippen LogP contribution is 2.34. The van der Waals surface area contributed by atoms with E-state index in [0.29, 0.717) is 0 Å². The zero-order valence-electron chi connectivity index (χ0n) is 12.6. The summed E-state index contributed by atoms with van der Waals surface area (Å²) in [4.78, 5) is 0. The maximum absolute atomic E-state index is 5.32. The summed E-state index contributed by atoms with van der Waals surface area (Å²) in [6.45, 7) is 5.01. The van der Waals surface area contributed by atoms with Crippen LogP contribution in [-0.4, -0.2) is 16.9 Å². The number of aromatic nitrogens is 2. The van der Waals surface area contributed by atoms with Gasteiger partial charge in [0.2, 0.25) is 0 Å². The van der Waals surface area contributed by atoms with E-state index in [0.717, 1.165) is 21.2 Å². The minimum Gasteiger partial charge on any atom is -0.494 e. The fourth-order valence-corrected chi connectivity index (χ4v) is 3.84. The van der Waals surface area contributed by atoms with Crippen molar-refractivity contribution in [2.45, 2.75) is 26.4 Å². The summed E-state index contributed by atoms with van der Waals surface area (Å²) < 4.78 is 9.11. The van der Waals surface area contributed by atoms with Gasteiger partial charge >= 0.3 is 0 Å². The number of nitrogens with zero attached hydrogens (tertiary/aromatic N) is 2. The largest absolute Gasteiger partial charge is 0.494 e. The molecule has 4 nitrogen and oxygen atoms in total. The summed E-state index contributed by atoms with van der Waals surface area (Å²) in [5.41, 5.74) is 3.60. The van der Waals surface area contributed by atoms with Crippen molar-refractivity contribution < 1.29 is 4.74 Å². The molecule has 0 aliphatic carbocycles. The summed E-state index contributed by atoms with van der Waals surface area (Å²) in [5, 5.41) is 7.81. The molecule has 1 aromatic carbocycles. The first-order valence-electron chi connectivity index (χ1n) is 6.67. The molecule has 0 radical (unpaired) electrons. The van der Waals surface area contributed by atoms with Gasteiger partial charge in [0.05, 0.1) is 22.3 Å². The van der Waals surface area contributed by atoms with E-state index in [-0.39, 0.29) is 6.04 Å². The van der Waals surface area contributed by atoms with Crippen molar-refractivity contribution in [2.75, 3.05) is 7.11 Å². The van der Waals surface area contributed by atoms with Crippen LogP contribution in [0.25, 0.3) is 0 Å². The summed E-state index contributed by atoms with van der Waals surface area (Å²) in [7, 11) is 3.62. The predicted octanol–water partition coefficient (Wildman–Crippen LogP) is 4.11. The number of hydrogen-bond acceptors (Lipinski definition) is 3. The Labute approximate surface area is 142 Å². The molecule has 0 spiro atoms. The van der Waals surface area contributed by atoms with Crippen LogP contribution in [0.1, 0.15) is 29.8 Å².